The fourth-order valence-corrected chi connectivity index (χ4v) is 4.85. The monoisotopic (exact) mass is 466 g/mol. The number of hydrogen-bond acceptors (Lipinski definition) is 2. The number of ether oxygens (including phenoxy) is 1. The van der Waals surface area contributed by atoms with Gasteiger partial charge in [0.1, 0.15) is 0 Å². The van der Waals surface area contributed by atoms with Crippen molar-refractivity contribution in [3.05, 3.63) is 0 Å². The van der Waals surface area contributed by atoms with E-state index in [9.17, 15) is 4.79 Å². The molecule has 0 unspecified atom stereocenters. The van der Waals surface area contributed by atoms with Gasteiger partial charge in [-0.25, -0.2) is 0 Å². The molecule has 2 nitrogen and oxygen atoms in total. The summed E-state index contributed by atoms with van der Waals surface area (Å²) in [5.41, 5.74) is -0.268. The number of esters is 1. The van der Waals surface area contributed by atoms with Crippen LogP contribution in [0.15, 0.2) is 0 Å². The molecule has 198 valence electrons. The highest BCUT2D eigenvalue weighted by Gasteiger charge is 2.33. The maximum absolute atomic E-state index is 13.0. The Morgan fingerprint density at radius 2 is 0.788 bits per heavy atom. The Morgan fingerprint density at radius 1 is 0.485 bits per heavy atom. The van der Waals surface area contributed by atoms with Crippen LogP contribution in [0.5, 0.6) is 0 Å². The summed E-state index contributed by atoms with van der Waals surface area (Å²) >= 11 is 0. The van der Waals surface area contributed by atoms with Gasteiger partial charge >= 0.3 is 5.97 Å². The fraction of sp³-hybridized carbons (Fsp3) is 0.968. The third-order valence-corrected chi connectivity index (χ3v) is 7.39. The van der Waals surface area contributed by atoms with E-state index in [-0.39, 0.29) is 11.4 Å². The van der Waals surface area contributed by atoms with Crippen molar-refractivity contribution in [2.24, 2.45) is 5.41 Å². The average molecular weight is 467 g/mol. The lowest BCUT2D eigenvalue weighted by Gasteiger charge is -2.27. The highest BCUT2D eigenvalue weighted by molar-refractivity contribution is 5.76. The van der Waals surface area contributed by atoms with Crippen LogP contribution in [-0.2, 0) is 9.53 Å². The molecule has 0 radical (unpaired) electrons. The second-order valence-corrected chi connectivity index (χ2v) is 10.9. The number of hydrogen-bond donors (Lipinski definition) is 0. The van der Waals surface area contributed by atoms with E-state index in [4.69, 9.17) is 4.74 Å². The Bertz CT molecular complexity index is 390. The summed E-state index contributed by atoms with van der Waals surface area (Å²) in [5.74, 6) is 0.0801. The Balaban J connectivity index is 3.98. The van der Waals surface area contributed by atoms with Crippen molar-refractivity contribution < 1.29 is 9.53 Å². The Kier molecular flexibility index (Phi) is 24.2. The maximum atomic E-state index is 13.0. The molecular weight excluding hydrogens is 404 g/mol. The largest absolute Gasteiger partial charge is 0.465 e. The van der Waals surface area contributed by atoms with E-state index in [0.717, 1.165) is 19.3 Å². The Labute approximate surface area is 209 Å². The van der Waals surface area contributed by atoms with E-state index in [0.29, 0.717) is 6.61 Å². The summed E-state index contributed by atoms with van der Waals surface area (Å²) in [6.45, 7) is 9.60. The quantitative estimate of drug-likeness (QED) is 0.0935. The van der Waals surface area contributed by atoms with E-state index in [1.807, 2.05) is 0 Å². The predicted molar refractivity (Wildman–Crippen MR) is 147 cm³/mol. The van der Waals surface area contributed by atoms with Crippen molar-refractivity contribution in [3.8, 4) is 0 Å². The van der Waals surface area contributed by atoms with Gasteiger partial charge in [-0.2, -0.15) is 0 Å². The van der Waals surface area contributed by atoms with Crippen molar-refractivity contribution in [1.29, 1.82) is 0 Å². The highest BCUT2D eigenvalue weighted by atomic mass is 16.5. The zero-order valence-electron chi connectivity index (χ0n) is 23.5. The first-order valence-corrected chi connectivity index (χ1v) is 15.3. The SMILES string of the molecule is CCCCCCCCCCCCCCOC(=O)C(C)(CCCCCCC)CCCCCCC. The first kappa shape index (κ1) is 32.5. The molecule has 0 aromatic carbocycles. The van der Waals surface area contributed by atoms with Crippen molar-refractivity contribution >= 4 is 5.97 Å². The second-order valence-electron chi connectivity index (χ2n) is 10.9. The molecule has 0 atom stereocenters. The number of carbonyl (C=O) groups is 1. The summed E-state index contributed by atoms with van der Waals surface area (Å²) in [5, 5.41) is 0. The van der Waals surface area contributed by atoms with Gasteiger partial charge in [-0.3, -0.25) is 4.79 Å². The predicted octanol–water partition coefficient (Wildman–Crippen LogP) is 11.0. The molecule has 0 aromatic rings. The van der Waals surface area contributed by atoms with Crippen LogP contribution in [0.25, 0.3) is 0 Å². The Morgan fingerprint density at radius 3 is 1.15 bits per heavy atom. The van der Waals surface area contributed by atoms with Crippen LogP contribution in [0.4, 0.5) is 0 Å². The van der Waals surface area contributed by atoms with Crippen LogP contribution >= 0.6 is 0 Å². The molecule has 0 saturated heterocycles. The first-order chi connectivity index (χ1) is 16.1. The summed E-state index contributed by atoms with van der Waals surface area (Å²) in [6, 6.07) is 0. The average Bonchev–Trinajstić information content (AvgIpc) is 2.81. The van der Waals surface area contributed by atoms with Crippen LogP contribution < -0.4 is 0 Å². The van der Waals surface area contributed by atoms with E-state index in [1.54, 1.807) is 0 Å². The molecule has 0 aromatic heterocycles. The topological polar surface area (TPSA) is 26.3 Å². The molecule has 0 rings (SSSR count). The molecule has 33 heavy (non-hydrogen) atoms. The molecule has 0 aliphatic rings. The number of unbranched alkanes of at least 4 members (excludes halogenated alkanes) is 19. The first-order valence-electron chi connectivity index (χ1n) is 15.3. The lowest BCUT2D eigenvalue weighted by Crippen LogP contribution is -2.30. The molecule has 0 N–H and O–H groups in total. The lowest BCUT2D eigenvalue weighted by atomic mass is 9.79. The van der Waals surface area contributed by atoms with Gasteiger partial charge in [0.25, 0.3) is 0 Å². The third-order valence-electron chi connectivity index (χ3n) is 7.39. The molecule has 0 aliphatic heterocycles. The standard InChI is InChI=1S/C31H62O2/c1-5-8-11-14-15-16-17-18-19-20-23-26-29-33-30(32)31(4,27-24-21-12-9-6-2)28-25-22-13-10-7-3/h5-29H2,1-4H3. The van der Waals surface area contributed by atoms with Crippen molar-refractivity contribution in [1.82, 2.24) is 0 Å². The zero-order chi connectivity index (χ0) is 24.5. The van der Waals surface area contributed by atoms with Crippen LogP contribution in [0.1, 0.15) is 182 Å². The molecular formula is C31H62O2. The highest BCUT2D eigenvalue weighted by Crippen LogP contribution is 2.33. The molecule has 0 spiro atoms. The maximum Gasteiger partial charge on any atom is 0.311 e. The van der Waals surface area contributed by atoms with Crippen LogP contribution in [0.3, 0.4) is 0 Å². The summed E-state index contributed by atoms with van der Waals surface area (Å²) < 4.78 is 5.82. The molecule has 0 bridgehead atoms. The minimum Gasteiger partial charge on any atom is -0.465 e. The zero-order valence-corrected chi connectivity index (χ0v) is 23.5. The second kappa shape index (κ2) is 24.6. The summed E-state index contributed by atoms with van der Waals surface area (Å²) in [6.07, 6.45) is 30.7. The smallest absolute Gasteiger partial charge is 0.311 e. The molecule has 0 heterocycles. The molecule has 0 saturated carbocycles. The lowest BCUT2D eigenvalue weighted by molar-refractivity contribution is -0.156. The van der Waals surface area contributed by atoms with Crippen molar-refractivity contribution in [3.63, 3.8) is 0 Å². The van der Waals surface area contributed by atoms with E-state index in [2.05, 4.69) is 27.7 Å². The van der Waals surface area contributed by atoms with Crippen LogP contribution in [-0.4, -0.2) is 12.6 Å². The Hall–Kier alpha value is -0.530. The number of rotatable bonds is 26. The summed E-state index contributed by atoms with van der Waals surface area (Å²) in [7, 11) is 0. The number of carbonyl (C=O) groups excluding carboxylic acids is 1. The van der Waals surface area contributed by atoms with Gasteiger partial charge in [-0.15, -0.1) is 0 Å². The van der Waals surface area contributed by atoms with Gasteiger partial charge in [0, 0.05) is 0 Å². The molecule has 0 aliphatic carbocycles. The molecule has 0 amide bonds. The minimum absolute atomic E-state index is 0.0801. The van der Waals surface area contributed by atoms with E-state index >= 15 is 0 Å². The van der Waals surface area contributed by atoms with E-state index in [1.165, 1.54) is 135 Å². The van der Waals surface area contributed by atoms with Gasteiger partial charge in [0.05, 0.1) is 12.0 Å². The molecule has 0 fully saturated rings. The van der Waals surface area contributed by atoms with Crippen molar-refractivity contribution in [2.75, 3.05) is 6.61 Å². The van der Waals surface area contributed by atoms with Gasteiger partial charge in [0.2, 0.25) is 0 Å². The van der Waals surface area contributed by atoms with Crippen LogP contribution in [0, 0.1) is 5.41 Å². The van der Waals surface area contributed by atoms with Gasteiger partial charge in [0.15, 0.2) is 0 Å². The van der Waals surface area contributed by atoms with Gasteiger partial charge < -0.3 is 4.74 Å². The van der Waals surface area contributed by atoms with Gasteiger partial charge in [-0.1, -0.05) is 156 Å². The minimum atomic E-state index is -0.268. The van der Waals surface area contributed by atoms with Crippen LogP contribution in [0.2, 0.25) is 0 Å². The van der Waals surface area contributed by atoms with E-state index < -0.39 is 0 Å². The normalized spacial score (nSPS) is 11.8. The van der Waals surface area contributed by atoms with Crippen molar-refractivity contribution in [2.45, 2.75) is 182 Å². The third kappa shape index (κ3) is 20.5. The fourth-order valence-electron chi connectivity index (χ4n) is 4.85. The summed E-state index contributed by atoms with van der Waals surface area (Å²) in [4.78, 5) is 13.0. The van der Waals surface area contributed by atoms with Gasteiger partial charge in [-0.05, 0) is 26.2 Å². The molecule has 2 heteroatoms.